The van der Waals surface area contributed by atoms with Crippen molar-refractivity contribution in [3.63, 3.8) is 0 Å². The molecule has 124 valence electrons. The van der Waals surface area contributed by atoms with Crippen molar-refractivity contribution in [1.29, 1.82) is 0 Å². The number of carbonyl (C=O) groups is 1. The number of ether oxygens (including phenoxy) is 1. The Morgan fingerprint density at radius 3 is 2.96 bits per heavy atom. The molecule has 0 fully saturated rings. The molecule has 0 bridgehead atoms. The number of nitrogens with zero attached hydrogens (tertiary/aromatic N) is 2. The number of nitrogens with one attached hydrogen (secondary N) is 1. The van der Waals surface area contributed by atoms with Crippen LogP contribution in [0.1, 0.15) is 6.92 Å². The fourth-order valence-corrected chi connectivity index (χ4v) is 4.03. The molecule has 0 saturated heterocycles. The lowest BCUT2D eigenvalue weighted by Gasteiger charge is -2.13. The molecule has 1 N–H and O–H groups in total. The second kappa shape index (κ2) is 7.38. The second-order valence-electron chi connectivity index (χ2n) is 4.92. The lowest BCUT2D eigenvalue weighted by Crippen LogP contribution is -2.22. The molecule has 24 heavy (non-hydrogen) atoms. The van der Waals surface area contributed by atoms with Crippen LogP contribution < -0.4 is 10.1 Å². The van der Waals surface area contributed by atoms with E-state index in [-0.39, 0.29) is 11.2 Å². The molecule has 1 aromatic carbocycles. The van der Waals surface area contributed by atoms with Crippen LogP contribution in [-0.2, 0) is 4.79 Å². The zero-order valence-electron chi connectivity index (χ0n) is 12.9. The molecule has 0 radical (unpaired) electrons. The quantitative estimate of drug-likeness (QED) is 0.523. The SMILES string of the molecule is COc1ccc(NC(=O)[C@H](C)Sc2ncnc3sccc23)cc1Cl. The summed E-state index contributed by atoms with van der Waals surface area (Å²) in [5.41, 5.74) is 0.626. The summed E-state index contributed by atoms with van der Waals surface area (Å²) in [6.45, 7) is 1.84. The summed E-state index contributed by atoms with van der Waals surface area (Å²) >= 11 is 9.03. The van der Waals surface area contributed by atoms with Crippen molar-refractivity contribution in [3.05, 3.63) is 41.0 Å². The highest BCUT2D eigenvalue weighted by Crippen LogP contribution is 2.31. The first-order valence-corrected chi connectivity index (χ1v) is 9.21. The van der Waals surface area contributed by atoms with Gasteiger partial charge in [0.15, 0.2) is 0 Å². The summed E-state index contributed by atoms with van der Waals surface area (Å²) in [7, 11) is 1.55. The number of aromatic nitrogens is 2. The lowest BCUT2D eigenvalue weighted by molar-refractivity contribution is -0.115. The molecule has 0 spiro atoms. The Kier molecular flexibility index (Phi) is 5.23. The third kappa shape index (κ3) is 3.63. The minimum absolute atomic E-state index is 0.122. The van der Waals surface area contributed by atoms with Crippen LogP contribution >= 0.6 is 34.7 Å². The smallest absolute Gasteiger partial charge is 0.237 e. The number of benzene rings is 1. The number of carbonyl (C=O) groups excluding carboxylic acids is 1. The van der Waals surface area contributed by atoms with Gasteiger partial charge in [-0.25, -0.2) is 9.97 Å². The molecule has 1 atom stereocenters. The summed E-state index contributed by atoms with van der Waals surface area (Å²) in [4.78, 5) is 21.8. The number of fused-ring (bicyclic) bond motifs is 1. The van der Waals surface area contributed by atoms with Crippen LogP contribution in [0, 0.1) is 0 Å². The molecule has 0 aliphatic rings. The van der Waals surface area contributed by atoms with Crippen molar-refractivity contribution in [3.8, 4) is 5.75 Å². The number of amides is 1. The third-order valence-corrected chi connectivity index (χ3v) is 5.53. The average Bonchev–Trinajstić information content (AvgIpc) is 3.04. The van der Waals surface area contributed by atoms with E-state index in [9.17, 15) is 4.79 Å². The molecule has 5 nitrogen and oxygen atoms in total. The summed E-state index contributed by atoms with van der Waals surface area (Å²) in [6, 6.07) is 7.10. The van der Waals surface area contributed by atoms with Gasteiger partial charge in [-0.05, 0) is 36.6 Å². The van der Waals surface area contributed by atoms with Crippen LogP contribution in [-0.4, -0.2) is 28.2 Å². The Hall–Kier alpha value is -1.83. The molecule has 2 aromatic heterocycles. The zero-order chi connectivity index (χ0) is 17.1. The molecule has 0 aliphatic heterocycles. The molecule has 0 aliphatic carbocycles. The van der Waals surface area contributed by atoms with Crippen LogP contribution in [0.25, 0.3) is 10.2 Å². The Balaban J connectivity index is 1.71. The predicted octanol–water partition coefficient (Wildman–Crippen LogP) is 4.47. The van der Waals surface area contributed by atoms with Crippen LogP contribution in [0.2, 0.25) is 5.02 Å². The van der Waals surface area contributed by atoms with Gasteiger partial charge in [0.2, 0.25) is 5.91 Å². The molecular weight excluding hydrogens is 366 g/mol. The number of hydrogen-bond acceptors (Lipinski definition) is 6. The van der Waals surface area contributed by atoms with Crippen molar-refractivity contribution in [2.24, 2.45) is 0 Å². The monoisotopic (exact) mass is 379 g/mol. The zero-order valence-corrected chi connectivity index (χ0v) is 15.3. The Morgan fingerprint density at radius 1 is 1.38 bits per heavy atom. The van der Waals surface area contributed by atoms with E-state index in [4.69, 9.17) is 16.3 Å². The standard InChI is InChI=1S/C16H14ClN3O2S2/c1-9(24-16-11-5-6-23-15(11)18-8-19-16)14(21)20-10-3-4-13(22-2)12(17)7-10/h3-9H,1-2H3,(H,20,21)/t9-/m0/s1. The molecule has 0 saturated carbocycles. The molecule has 1 amide bonds. The minimum Gasteiger partial charge on any atom is -0.495 e. The van der Waals surface area contributed by atoms with Gasteiger partial charge in [-0.15, -0.1) is 11.3 Å². The predicted molar refractivity (Wildman–Crippen MR) is 99.4 cm³/mol. The van der Waals surface area contributed by atoms with E-state index in [1.165, 1.54) is 18.1 Å². The maximum absolute atomic E-state index is 12.4. The molecule has 3 aromatic rings. The summed E-state index contributed by atoms with van der Waals surface area (Å²) in [6.07, 6.45) is 1.52. The largest absolute Gasteiger partial charge is 0.495 e. The van der Waals surface area contributed by atoms with Crippen molar-refractivity contribution < 1.29 is 9.53 Å². The van der Waals surface area contributed by atoms with Gasteiger partial charge in [0.1, 0.15) is 21.9 Å². The highest BCUT2D eigenvalue weighted by Gasteiger charge is 2.18. The van der Waals surface area contributed by atoms with Crippen molar-refractivity contribution in [2.75, 3.05) is 12.4 Å². The lowest BCUT2D eigenvalue weighted by atomic mass is 10.3. The molecule has 8 heteroatoms. The van der Waals surface area contributed by atoms with Gasteiger partial charge in [-0.1, -0.05) is 23.4 Å². The van der Waals surface area contributed by atoms with Crippen molar-refractivity contribution in [2.45, 2.75) is 17.2 Å². The van der Waals surface area contributed by atoms with Crippen molar-refractivity contribution in [1.82, 2.24) is 9.97 Å². The van der Waals surface area contributed by atoms with E-state index in [0.29, 0.717) is 16.5 Å². The normalized spacial score (nSPS) is 12.1. The van der Waals surface area contributed by atoms with Gasteiger partial charge >= 0.3 is 0 Å². The average molecular weight is 380 g/mol. The number of anilines is 1. The van der Waals surface area contributed by atoms with Crippen LogP contribution in [0.4, 0.5) is 5.69 Å². The van der Waals surface area contributed by atoms with Gasteiger partial charge in [0.05, 0.1) is 17.4 Å². The van der Waals surface area contributed by atoms with Crippen molar-refractivity contribution >= 4 is 56.5 Å². The highest BCUT2D eigenvalue weighted by atomic mass is 35.5. The minimum atomic E-state index is -0.316. The summed E-state index contributed by atoms with van der Waals surface area (Å²) in [5, 5.41) is 6.73. The van der Waals surface area contributed by atoms with E-state index >= 15 is 0 Å². The fourth-order valence-electron chi connectivity index (χ4n) is 2.07. The molecular formula is C16H14ClN3O2S2. The number of rotatable bonds is 5. The van der Waals surface area contributed by atoms with Crippen LogP contribution in [0.3, 0.4) is 0 Å². The Bertz CT molecular complexity index is 885. The van der Waals surface area contributed by atoms with Gasteiger partial charge in [-0.2, -0.15) is 0 Å². The van der Waals surface area contributed by atoms with Gasteiger partial charge < -0.3 is 10.1 Å². The molecule has 3 rings (SSSR count). The van der Waals surface area contributed by atoms with Gasteiger partial charge in [-0.3, -0.25) is 4.79 Å². The Morgan fingerprint density at radius 2 is 2.21 bits per heavy atom. The fraction of sp³-hybridized carbons (Fsp3) is 0.188. The number of methoxy groups -OCH3 is 1. The van der Waals surface area contributed by atoms with Crippen LogP contribution in [0.5, 0.6) is 5.75 Å². The molecule has 2 heterocycles. The maximum Gasteiger partial charge on any atom is 0.237 e. The highest BCUT2D eigenvalue weighted by molar-refractivity contribution is 8.00. The Labute approximate surface area is 152 Å². The molecule has 0 unspecified atom stereocenters. The van der Waals surface area contributed by atoms with E-state index in [0.717, 1.165) is 15.2 Å². The van der Waals surface area contributed by atoms with Gasteiger partial charge in [0, 0.05) is 11.1 Å². The second-order valence-corrected chi connectivity index (χ2v) is 7.55. The summed E-state index contributed by atoms with van der Waals surface area (Å²) in [5.74, 6) is 0.446. The number of halogens is 1. The third-order valence-electron chi connectivity index (χ3n) is 3.30. The van der Waals surface area contributed by atoms with E-state index in [2.05, 4.69) is 15.3 Å². The van der Waals surface area contributed by atoms with E-state index < -0.39 is 0 Å². The first-order valence-electron chi connectivity index (χ1n) is 7.07. The first kappa shape index (κ1) is 17.0. The summed E-state index contributed by atoms with van der Waals surface area (Å²) < 4.78 is 5.10. The first-order chi connectivity index (χ1) is 11.6. The van der Waals surface area contributed by atoms with E-state index in [1.54, 1.807) is 36.6 Å². The number of hydrogen-bond donors (Lipinski definition) is 1. The van der Waals surface area contributed by atoms with Crippen LogP contribution in [0.15, 0.2) is 41.0 Å². The number of thiophene rings is 1. The van der Waals surface area contributed by atoms with Gasteiger partial charge in [0.25, 0.3) is 0 Å². The number of thioether (sulfide) groups is 1. The maximum atomic E-state index is 12.4. The van der Waals surface area contributed by atoms with E-state index in [1.807, 2.05) is 18.4 Å². The topological polar surface area (TPSA) is 64.1 Å².